The molecule has 6 heteroatoms. The summed E-state index contributed by atoms with van der Waals surface area (Å²) in [6.07, 6.45) is 2.22. The van der Waals surface area contributed by atoms with Gasteiger partial charge in [0.2, 0.25) is 0 Å². The summed E-state index contributed by atoms with van der Waals surface area (Å²) < 4.78 is 0. The molecule has 2 heterocycles. The molecule has 0 radical (unpaired) electrons. The second-order valence-corrected chi connectivity index (χ2v) is 5.62. The average Bonchev–Trinajstić information content (AvgIpc) is 2.84. The van der Waals surface area contributed by atoms with Crippen LogP contribution in [-0.2, 0) is 6.42 Å². The zero-order chi connectivity index (χ0) is 13.8. The molecule has 1 unspecified atom stereocenters. The smallest absolute Gasteiger partial charge is 0.337 e. The van der Waals surface area contributed by atoms with Crippen molar-refractivity contribution in [2.24, 2.45) is 0 Å². The fourth-order valence-corrected chi connectivity index (χ4v) is 2.73. The standard InChI is InChI=1S/C13H13ClN2O2S/c1-8(5-9-3-2-4-19-9)16-12-6-10(13(17)18)11(14)7-15-12/h2-4,6-8H,5H2,1H3,(H,15,16)(H,17,18). The first-order valence-corrected chi connectivity index (χ1v) is 7.00. The first-order valence-electron chi connectivity index (χ1n) is 5.74. The number of hydrogen-bond acceptors (Lipinski definition) is 4. The summed E-state index contributed by atoms with van der Waals surface area (Å²) in [5, 5.41) is 14.3. The zero-order valence-corrected chi connectivity index (χ0v) is 11.8. The molecule has 0 amide bonds. The van der Waals surface area contributed by atoms with Crippen molar-refractivity contribution in [3.8, 4) is 0 Å². The van der Waals surface area contributed by atoms with E-state index in [2.05, 4.69) is 16.4 Å². The maximum Gasteiger partial charge on any atom is 0.337 e. The number of carboxylic acids is 1. The number of aromatic carboxylic acids is 1. The third kappa shape index (κ3) is 3.68. The fraction of sp³-hybridized carbons (Fsp3) is 0.231. The van der Waals surface area contributed by atoms with Crippen LogP contribution >= 0.6 is 22.9 Å². The number of thiophene rings is 1. The SMILES string of the molecule is CC(Cc1cccs1)Nc1cc(C(=O)O)c(Cl)cn1. The lowest BCUT2D eigenvalue weighted by Crippen LogP contribution is -2.18. The third-order valence-corrected chi connectivity index (χ3v) is 3.77. The fourth-order valence-electron chi connectivity index (χ4n) is 1.72. The minimum atomic E-state index is -1.05. The van der Waals surface area contributed by atoms with Crippen LogP contribution in [0.4, 0.5) is 5.82 Å². The van der Waals surface area contributed by atoms with Gasteiger partial charge in [-0.25, -0.2) is 9.78 Å². The van der Waals surface area contributed by atoms with Crippen LogP contribution in [0.1, 0.15) is 22.2 Å². The van der Waals surface area contributed by atoms with Crippen LogP contribution < -0.4 is 5.32 Å². The highest BCUT2D eigenvalue weighted by molar-refractivity contribution is 7.09. The average molecular weight is 297 g/mol. The van der Waals surface area contributed by atoms with Crippen molar-refractivity contribution < 1.29 is 9.90 Å². The van der Waals surface area contributed by atoms with Gasteiger partial charge < -0.3 is 10.4 Å². The zero-order valence-electron chi connectivity index (χ0n) is 10.3. The first kappa shape index (κ1) is 13.8. The number of anilines is 1. The van der Waals surface area contributed by atoms with Crippen LogP contribution in [0.25, 0.3) is 0 Å². The molecule has 100 valence electrons. The van der Waals surface area contributed by atoms with Gasteiger partial charge in [0.25, 0.3) is 0 Å². The van der Waals surface area contributed by atoms with Crippen molar-refractivity contribution in [1.82, 2.24) is 4.98 Å². The number of nitrogens with zero attached hydrogens (tertiary/aromatic N) is 1. The van der Waals surface area contributed by atoms with Crippen LogP contribution in [0.2, 0.25) is 5.02 Å². The monoisotopic (exact) mass is 296 g/mol. The molecule has 0 aromatic carbocycles. The number of rotatable bonds is 5. The van der Waals surface area contributed by atoms with Crippen molar-refractivity contribution in [2.45, 2.75) is 19.4 Å². The van der Waals surface area contributed by atoms with Gasteiger partial charge in [0.1, 0.15) is 5.82 Å². The molecule has 0 saturated heterocycles. The first-order chi connectivity index (χ1) is 9.06. The lowest BCUT2D eigenvalue weighted by Gasteiger charge is -2.14. The van der Waals surface area contributed by atoms with Gasteiger partial charge in [0.05, 0.1) is 10.6 Å². The van der Waals surface area contributed by atoms with E-state index in [1.54, 1.807) is 11.3 Å². The minimum absolute atomic E-state index is 0.0579. The lowest BCUT2D eigenvalue weighted by atomic mass is 10.2. The van der Waals surface area contributed by atoms with Crippen molar-refractivity contribution in [3.63, 3.8) is 0 Å². The Balaban J connectivity index is 2.06. The van der Waals surface area contributed by atoms with Crippen LogP contribution in [0.3, 0.4) is 0 Å². The summed E-state index contributed by atoms with van der Waals surface area (Å²) in [6, 6.07) is 5.70. The van der Waals surface area contributed by atoms with Gasteiger partial charge in [-0.05, 0) is 24.4 Å². The number of carbonyl (C=O) groups is 1. The highest BCUT2D eigenvalue weighted by atomic mass is 35.5. The molecular formula is C13H13ClN2O2S. The predicted octanol–water partition coefficient (Wildman–Crippen LogP) is 3.54. The minimum Gasteiger partial charge on any atom is -0.478 e. The Kier molecular flexibility index (Phi) is 4.39. The number of hydrogen-bond donors (Lipinski definition) is 2. The second kappa shape index (κ2) is 6.04. The Morgan fingerprint density at radius 2 is 2.42 bits per heavy atom. The molecule has 2 rings (SSSR count). The summed E-state index contributed by atoms with van der Waals surface area (Å²) in [4.78, 5) is 16.3. The summed E-state index contributed by atoms with van der Waals surface area (Å²) in [6.45, 7) is 2.02. The quantitative estimate of drug-likeness (QED) is 0.886. The molecular weight excluding hydrogens is 284 g/mol. The van der Waals surface area contributed by atoms with Gasteiger partial charge >= 0.3 is 5.97 Å². The molecule has 0 fully saturated rings. The molecule has 0 spiro atoms. The van der Waals surface area contributed by atoms with Gasteiger partial charge in [0, 0.05) is 23.5 Å². The summed E-state index contributed by atoms with van der Waals surface area (Å²) in [7, 11) is 0. The van der Waals surface area contributed by atoms with Crippen molar-refractivity contribution >= 4 is 34.7 Å². The largest absolute Gasteiger partial charge is 0.478 e. The topological polar surface area (TPSA) is 62.2 Å². The Morgan fingerprint density at radius 3 is 3.05 bits per heavy atom. The highest BCUT2D eigenvalue weighted by Crippen LogP contribution is 2.19. The Labute approximate surface area is 120 Å². The summed E-state index contributed by atoms with van der Waals surface area (Å²) in [5.74, 6) is -0.535. The van der Waals surface area contributed by atoms with E-state index in [4.69, 9.17) is 16.7 Å². The van der Waals surface area contributed by atoms with Gasteiger partial charge in [-0.1, -0.05) is 17.7 Å². The number of aromatic nitrogens is 1. The van der Waals surface area contributed by atoms with Crippen molar-refractivity contribution in [1.29, 1.82) is 0 Å². The van der Waals surface area contributed by atoms with Crippen molar-refractivity contribution in [2.75, 3.05) is 5.32 Å². The normalized spacial score (nSPS) is 12.1. The molecule has 19 heavy (non-hydrogen) atoms. The van der Waals surface area contributed by atoms with Crippen molar-refractivity contribution in [3.05, 3.63) is 45.2 Å². The molecule has 0 bridgehead atoms. The Hall–Kier alpha value is -1.59. The van der Waals surface area contributed by atoms with Gasteiger partial charge in [-0.3, -0.25) is 0 Å². The molecule has 2 aromatic rings. The molecule has 1 atom stereocenters. The van der Waals surface area contributed by atoms with Crippen LogP contribution in [0, 0.1) is 0 Å². The summed E-state index contributed by atoms with van der Waals surface area (Å²) in [5.41, 5.74) is 0.0579. The molecule has 0 aliphatic carbocycles. The van der Waals surface area contributed by atoms with Crippen LogP contribution in [-0.4, -0.2) is 22.1 Å². The highest BCUT2D eigenvalue weighted by Gasteiger charge is 2.12. The number of halogens is 1. The van der Waals surface area contributed by atoms with Gasteiger partial charge in [-0.15, -0.1) is 11.3 Å². The van der Waals surface area contributed by atoms with E-state index in [-0.39, 0.29) is 16.6 Å². The molecule has 4 nitrogen and oxygen atoms in total. The molecule has 2 aromatic heterocycles. The van der Waals surface area contributed by atoms with Gasteiger partial charge in [0.15, 0.2) is 0 Å². The van der Waals surface area contributed by atoms with E-state index >= 15 is 0 Å². The lowest BCUT2D eigenvalue weighted by molar-refractivity contribution is 0.0697. The third-order valence-electron chi connectivity index (χ3n) is 2.57. The Morgan fingerprint density at radius 1 is 1.63 bits per heavy atom. The Bertz CT molecular complexity index is 572. The van der Waals surface area contributed by atoms with E-state index in [0.29, 0.717) is 5.82 Å². The molecule has 0 aliphatic rings. The number of nitrogens with one attached hydrogen (secondary N) is 1. The van der Waals surface area contributed by atoms with E-state index < -0.39 is 5.97 Å². The van der Waals surface area contributed by atoms with E-state index in [1.165, 1.54) is 17.1 Å². The van der Waals surface area contributed by atoms with E-state index in [0.717, 1.165) is 6.42 Å². The van der Waals surface area contributed by atoms with Gasteiger partial charge in [-0.2, -0.15) is 0 Å². The predicted molar refractivity (Wildman–Crippen MR) is 77.3 cm³/mol. The molecule has 0 aliphatic heterocycles. The maximum atomic E-state index is 11.0. The number of pyridine rings is 1. The summed E-state index contributed by atoms with van der Waals surface area (Å²) >= 11 is 7.47. The van der Waals surface area contributed by atoms with Crippen LogP contribution in [0.5, 0.6) is 0 Å². The van der Waals surface area contributed by atoms with E-state index in [1.807, 2.05) is 18.4 Å². The molecule has 0 saturated carbocycles. The molecule has 2 N–H and O–H groups in total. The van der Waals surface area contributed by atoms with Crippen LogP contribution in [0.15, 0.2) is 29.8 Å². The van der Waals surface area contributed by atoms with E-state index in [9.17, 15) is 4.79 Å². The second-order valence-electron chi connectivity index (χ2n) is 4.18. The number of carboxylic acid groups (broad SMARTS) is 1. The maximum absolute atomic E-state index is 11.0.